The van der Waals surface area contributed by atoms with Gasteiger partial charge in [0, 0.05) is 0 Å². The summed E-state index contributed by atoms with van der Waals surface area (Å²) in [5.74, 6) is -0.0746. The van der Waals surface area contributed by atoms with Crippen LogP contribution in [-0.4, -0.2) is 17.4 Å². The highest BCUT2D eigenvalue weighted by atomic mass is 79.9. The molecule has 0 aliphatic rings. The number of carbonyl (C=O) groups is 1. The summed E-state index contributed by atoms with van der Waals surface area (Å²) in [6.07, 6.45) is 15.9. The van der Waals surface area contributed by atoms with Crippen molar-refractivity contribution < 1.29 is 9.53 Å². The molecular formula is C18H35BrO2. The van der Waals surface area contributed by atoms with Crippen LogP contribution < -0.4 is 0 Å². The van der Waals surface area contributed by atoms with E-state index in [1.165, 1.54) is 57.8 Å². The van der Waals surface area contributed by atoms with Crippen molar-refractivity contribution in [1.82, 2.24) is 0 Å². The normalized spacial score (nSPS) is 12.3. The van der Waals surface area contributed by atoms with Gasteiger partial charge in [0.05, 0.1) is 6.61 Å². The fraction of sp³-hybridized carbons (Fsp3) is 0.944. The summed E-state index contributed by atoms with van der Waals surface area (Å²) in [6, 6.07) is 0. The average Bonchev–Trinajstić information content (AvgIpc) is 2.49. The molecule has 0 aromatic carbocycles. The van der Waals surface area contributed by atoms with Gasteiger partial charge in [-0.15, -0.1) is 0 Å². The Kier molecular flexibility index (Phi) is 16.3. The molecule has 0 amide bonds. The molecule has 0 aromatic heterocycles. The molecule has 1 atom stereocenters. The first-order valence-corrected chi connectivity index (χ1v) is 9.94. The second-order valence-corrected chi connectivity index (χ2v) is 7.06. The maximum absolute atomic E-state index is 11.7. The van der Waals surface area contributed by atoms with E-state index in [-0.39, 0.29) is 10.8 Å². The highest BCUT2D eigenvalue weighted by Gasteiger charge is 2.15. The van der Waals surface area contributed by atoms with Crippen molar-refractivity contribution in [3.05, 3.63) is 0 Å². The summed E-state index contributed by atoms with van der Waals surface area (Å²) in [5.41, 5.74) is 0. The van der Waals surface area contributed by atoms with Crippen LogP contribution in [0.4, 0.5) is 0 Å². The second-order valence-electron chi connectivity index (χ2n) is 5.96. The minimum Gasteiger partial charge on any atom is -0.465 e. The van der Waals surface area contributed by atoms with Crippen LogP contribution in [-0.2, 0) is 9.53 Å². The SMILES string of the molecule is CCCCCCCCCCC(Br)C(=O)OCCCCCC. The number of alkyl halides is 1. The van der Waals surface area contributed by atoms with Gasteiger partial charge >= 0.3 is 5.97 Å². The number of esters is 1. The molecule has 0 bridgehead atoms. The summed E-state index contributed by atoms with van der Waals surface area (Å²) < 4.78 is 5.29. The van der Waals surface area contributed by atoms with Crippen LogP contribution in [0.3, 0.4) is 0 Å². The number of hydrogen-bond donors (Lipinski definition) is 0. The van der Waals surface area contributed by atoms with E-state index in [1.807, 2.05) is 0 Å². The van der Waals surface area contributed by atoms with Gasteiger partial charge in [-0.25, -0.2) is 0 Å². The number of halogens is 1. The molecule has 2 nitrogen and oxygen atoms in total. The standard InChI is InChI=1S/C18H35BrO2/c1-3-5-7-9-10-11-12-13-15-17(19)18(20)21-16-14-8-6-4-2/h17H,3-16H2,1-2H3. The smallest absolute Gasteiger partial charge is 0.319 e. The van der Waals surface area contributed by atoms with E-state index in [1.54, 1.807) is 0 Å². The van der Waals surface area contributed by atoms with E-state index in [2.05, 4.69) is 29.8 Å². The van der Waals surface area contributed by atoms with E-state index in [0.717, 1.165) is 25.7 Å². The maximum atomic E-state index is 11.7. The lowest BCUT2D eigenvalue weighted by molar-refractivity contribution is -0.143. The van der Waals surface area contributed by atoms with Crippen LogP contribution in [0.25, 0.3) is 0 Å². The molecular weight excluding hydrogens is 328 g/mol. The highest BCUT2D eigenvalue weighted by molar-refractivity contribution is 9.10. The molecule has 0 N–H and O–H groups in total. The van der Waals surface area contributed by atoms with Crippen molar-refractivity contribution in [2.45, 2.75) is 102 Å². The molecule has 126 valence electrons. The van der Waals surface area contributed by atoms with Crippen molar-refractivity contribution in [2.24, 2.45) is 0 Å². The van der Waals surface area contributed by atoms with Gasteiger partial charge in [0.2, 0.25) is 0 Å². The van der Waals surface area contributed by atoms with Crippen molar-refractivity contribution >= 4 is 21.9 Å². The van der Waals surface area contributed by atoms with Crippen molar-refractivity contribution in [3.8, 4) is 0 Å². The zero-order chi connectivity index (χ0) is 15.8. The van der Waals surface area contributed by atoms with Crippen molar-refractivity contribution in [2.75, 3.05) is 6.61 Å². The van der Waals surface area contributed by atoms with Gasteiger partial charge in [-0.05, 0) is 12.8 Å². The topological polar surface area (TPSA) is 26.3 Å². The minimum absolute atomic E-state index is 0.0746. The van der Waals surface area contributed by atoms with E-state index < -0.39 is 0 Å². The molecule has 1 unspecified atom stereocenters. The first kappa shape index (κ1) is 20.9. The largest absolute Gasteiger partial charge is 0.465 e. The Hall–Kier alpha value is -0.0500. The van der Waals surface area contributed by atoms with Crippen LogP contribution in [0.2, 0.25) is 0 Å². The fourth-order valence-corrected chi connectivity index (χ4v) is 2.82. The van der Waals surface area contributed by atoms with Crippen LogP contribution >= 0.6 is 15.9 Å². The predicted octanol–water partition coefficient (Wildman–Crippen LogP) is 6.40. The number of ether oxygens (including phenoxy) is 1. The van der Waals surface area contributed by atoms with Crippen LogP contribution in [0, 0.1) is 0 Å². The lowest BCUT2D eigenvalue weighted by Gasteiger charge is -2.10. The molecule has 0 saturated carbocycles. The van der Waals surface area contributed by atoms with Gasteiger partial charge in [-0.3, -0.25) is 4.79 Å². The highest BCUT2D eigenvalue weighted by Crippen LogP contribution is 2.15. The quantitative estimate of drug-likeness (QED) is 0.191. The van der Waals surface area contributed by atoms with Gasteiger partial charge < -0.3 is 4.74 Å². The molecule has 0 spiro atoms. The Bertz CT molecular complexity index is 231. The predicted molar refractivity (Wildman–Crippen MR) is 95.0 cm³/mol. The summed E-state index contributed by atoms with van der Waals surface area (Å²) in [6.45, 7) is 5.02. The maximum Gasteiger partial charge on any atom is 0.319 e. The Morgan fingerprint density at radius 2 is 1.29 bits per heavy atom. The molecule has 0 aliphatic heterocycles. The van der Waals surface area contributed by atoms with Gasteiger partial charge in [-0.2, -0.15) is 0 Å². The molecule has 0 fully saturated rings. The van der Waals surface area contributed by atoms with Gasteiger partial charge in [-0.1, -0.05) is 100 Å². The summed E-state index contributed by atoms with van der Waals surface area (Å²) in [5, 5.41) is 0. The molecule has 3 heteroatoms. The molecule has 0 heterocycles. The molecule has 0 aliphatic carbocycles. The number of unbranched alkanes of at least 4 members (excludes halogenated alkanes) is 10. The Morgan fingerprint density at radius 1 is 0.810 bits per heavy atom. The van der Waals surface area contributed by atoms with Gasteiger partial charge in [0.15, 0.2) is 0 Å². The summed E-state index contributed by atoms with van der Waals surface area (Å²) in [7, 11) is 0. The van der Waals surface area contributed by atoms with Gasteiger partial charge in [0.25, 0.3) is 0 Å². The number of rotatable bonds is 15. The summed E-state index contributed by atoms with van der Waals surface area (Å²) in [4.78, 5) is 11.6. The second kappa shape index (κ2) is 16.3. The van der Waals surface area contributed by atoms with Gasteiger partial charge in [0.1, 0.15) is 4.83 Å². The third-order valence-electron chi connectivity index (χ3n) is 3.81. The molecule has 0 radical (unpaired) electrons. The Morgan fingerprint density at radius 3 is 1.86 bits per heavy atom. The van der Waals surface area contributed by atoms with E-state index >= 15 is 0 Å². The third-order valence-corrected chi connectivity index (χ3v) is 4.64. The number of hydrogen-bond acceptors (Lipinski definition) is 2. The van der Waals surface area contributed by atoms with E-state index in [0.29, 0.717) is 6.61 Å². The number of carbonyl (C=O) groups excluding carboxylic acids is 1. The molecule has 0 saturated heterocycles. The average molecular weight is 363 g/mol. The van der Waals surface area contributed by atoms with Crippen molar-refractivity contribution in [3.63, 3.8) is 0 Å². The van der Waals surface area contributed by atoms with E-state index in [4.69, 9.17) is 4.74 Å². The summed E-state index contributed by atoms with van der Waals surface area (Å²) >= 11 is 3.45. The molecule has 0 rings (SSSR count). The Balaban J connectivity index is 3.35. The fourth-order valence-electron chi connectivity index (χ4n) is 2.37. The van der Waals surface area contributed by atoms with E-state index in [9.17, 15) is 4.79 Å². The zero-order valence-corrected chi connectivity index (χ0v) is 15.8. The van der Waals surface area contributed by atoms with Crippen molar-refractivity contribution in [1.29, 1.82) is 0 Å². The third kappa shape index (κ3) is 14.6. The zero-order valence-electron chi connectivity index (χ0n) is 14.2. The van der Waals surface area contributed by atoms with Crippen LogP contribution in [0.5, 0.6) is 0 Å². The molecule has 21 heavy (non-hydrogen) atoms. The lowest BCUT2D eigenvalue weighted by Crippen LogP contribution is -2.18. The lowest BCUT2D eigenvalue weighted by atomic mass is 10.1. The first-order chi connectivity index (χ1) is 10.2. The Labute approximate surface area is 140 Å². The first-order valence-electron chi connectivity index (χ1n) is 9.03. The monoisotopic (exact) mass is 362 g/mol. The molecule has 0 aromatic rings. The minimum atomic E-state index is -0.108. The van der Waals surface area contributed by atoms with Crippen LogP contribution in [0.15, 0.2) is 0 Å². The van der Waals surface area contributed by atoms with Crippen LogP contribution in [0.1, 0.15) is 97.3 Å².